The first-order valence-electron chi connectivity index (χ1n) is 6.81. The zero-order valence-corrected chi connectivity index (χ0v) is 12.0. The maximum atomic E-state index is 8.67. The van der Waals surface area contributed by atoms with Crippen LogP contribution in [0, 0.1) is 0 Å². The number of hydrogen-bond acceptors (Lipinski definition) is 6. The van der Waals surface area contributed by atoms with Gasteiger partial charge in [-0.3, -0.25) is 0 Å². The summed E-state index contributed by atoms with van der Waals surface area (Å²) in [5.41, 5.74) is 0. The zero-order chi connectivity index (χ0) is 14.3. The minimum atomic E-state index is -0.0666. The van der Waals surface area contributed by atoms with Crippen LogP contribution in [0.3, 0.4) is 0 Å². The van der Waals surface area contributed by atoms with E-state index >= 15 is 0 Å². The Hall–Kier alpha value is -0.240. The molecule has 0 aromatic rings. The average molecular weight is 280 g/mol. The Morgan fingerprint density at radius 1 is 0.789 bits per heavy atom. The van der Waals surface area contributed by atoms with Gasteiger partial charge in [-0.1, -0.05) is 0 Å². The lowest BCUT2D eigenvalue weighted by Crippen LogP contribution is -2.25. The van der Waals surface area contributed by atoms with Crippen LogP contribution in [-0.2, 0) is 18.9 Å². The molecule has 0 aliphatic heterocycles. The van der Waals surface area contributed by atoms with Crippen LogP contribution in [0.4, 0.5) is 0 Å². The molecule has 0 saturated carbocycles. The fourth-order valence-electron chi connectivity index (χ4n) is 1.37. The molecule has 6 nitrogen and oxygen atoms in total. The summed E-state index contributed by atoms with van der Waals surface area (Å²) in [5.74, 6) is 0. The first-order valence-corrected chi connectivity index (χ1v) is 6.81. The summed E-state index contributed by atoms with van der Waals surface area (Å²) < 4.78 is 21.5. The van der Waals surface area contributed by atoms with E-state index in [1.165, 1.54) is 0 Å². The Bertz CT molecular complexity index is 177. The van der Waals surface area contributed by atoms with Crippen LogP contribution in [0.1, 0.15) is 20.3 Å². The van der Waals surface area contributed by atoms with Crippen molar-refractivity contribution in [1.82, 2.24) is 0 Å². The van der Waals surface area contributed by atoms with Crippen LogP contribution in [0.2, 0.25) is 0 Å². The van der Waals surface area contributed by atoms with Gasteiger partial charge in [-0.15, -0.1) is 0 Å². The molecular weight excluding hydrogens is 252 g/mol. The molecule has 0 aliphatic carbocycles. The third-order valence-corrected chi connectivity index (χ3v) is 2.25. The van der Waals surface area contributed by atoms with E-state index in [2.05, 4.69) is 0 Å². The van der Waals surface area contributed by atoms with E-state index in [1.54, 1.807) is 0 Å². The maximum absolute atomic E-state index is 8.67. The Balaban J connectivity index is 3.69. The lowest BCUT2D eigenvalue weighted by Gasteiger charge is -2.18. The monoisotopic (exact) mass is 280 g/mol. The van der Waals surface area contributed by atoms with E-state index in [4.69, 9.17) is 29.2 Å². The summed E-state index contributed by atoms with van der Waals surface area (Å²) in [5, 5.41) is 17.2. The van der Waals surface area contributed by atoms with Gasteiger partial charge in [0.1, 0.15) is 0 Å². The maximum Gasteiger partial charge on any atom is 0.0831 e. The van der Waals surface area contributed by atoms with Crippen molar-refractivity contribution >= 4 is 0 Å². The van der Waals surface area contributed by atoms with Crippen LogP contribution in [0.5, 0.6) is 0 Å². The van der Waals surface area contributed by atoms with Crippen molar-refractivity contribution in [2.75, 3.05) is 52.9 Å². The standard InChI is InChI=1S/C13H28O6/c1-12(2)18-6-3-13(11-17-8-5-15)19-10-9-16-7-4-14/h12-15H,3-11H2,1-2H3. The van der Waals surface area contributed by atoms with E-state index in [1.807, 2.05) is 13.8 Å². The molecule has 19 heavy (non-hydrogen) atoms. The molecule has 0 saturated heterocycles. The van der Waals surface area contributed by atoms with Gasteiger partial charge in [0.2, 0.25) is 0 Å². The fourth-order valence-corrected chi connectivity index (χ4v) is 1.37. The number of rotatable bonds is 14. The summed E-state index contributed by atoms with van der Waals surface area (Å²) in [7, 11) is 0. The third-order valence-electron chi connectivity index (χ3n) is 2.25. The summed E-state index contributed by atoms with van der Waals surface area (Å²) in [4.78, 5) is 0. The van der Waals surface area contributed by atoms with Crippen LogP contribution in [0.25, 0.3) is 0 Å². The Labute approximate surface area is 115 Å². The van der Waals surface area contributed by atoms with Crippen molar-refractivity contribution in [2.24, 2.45) is 0 Å². The van der Waals surface area contributed by atoms with Crippen molar-refractivity contribution in [3.8, 4) is 0 Å². The lowest BCUT2D eigenvalue weighted by molar-refractivity contribution is -0.0596. The molecule has 6 heteroatoms. The van der Waals surface area contributed by atoms with Gasteiger partial charge < -0.3 is 29.2 Å². The molecule has 0 bridgehead atoms. The van der Waals surface area contributed by atoms with Crippen molar-refractivity contribution < 1.29 is 29.2 Å². The Morgan fingerprint density at radius 3 is 2.11 bits per heavy atom. The first-order chi connectivity index (χ1) is 9.20. The van der Waals surface area contributed by atoms with E-state index in [-0.39, 0.29) is 25.4 Å². The normalized spacial score (nSPS) is 13.1. The molecule has 0 aromatic carbocycles. The number of aliphatic hydroxyl groups is 2. The van der Waals surface area contributed by atoms with Gasteiger partial charge >= 0.3 is 0 Å². The van der Waals surface area contributed by atoms with Crippen LogP contribution in [0.15, 0.2) is 0 Å². The van der Waals surface area contributed by atoms with Crippen LogP contribution in [-0.4, -0.2) is 75.3 Å². The van der Waals surface area contributed by atoms with Crippen molar-refractivity contribution in [3.05, 3.63) is 0 Å². The fraction of sp³-hybridized carbons (Fsp3) is 1.00. The minimum absolute atomic E-state index is 0.00876. The molecule has 2 N–H and O–H groups in total. The van der Waals surface area contributed by atoms with Gasteiger partial charge in [0.25, 0.3) is 0 Å². The van der Waals surface area contributed by atoms with Gasteiger partial charge in [-0.2, -0.15) is 0 Å². The molecule has 1 atom stereocenters. The number of ether oxygens (including phenoxy) is 4. The van der Waals surface area contributed by atoms with Crippen molar-refractivity contribution in [2.45, 2.75) is 32.5 Å². The Morgan fingerprint density at radius 2 is 1.47 bits per heavy atom. The van der Waals surface area contributed by atoms with E-state index in [9.17, 15) is 0 Å². The van der Waals surface area contributed by atoms with Crippen LogP contribution >= 0.6 is 0 Å². The molecule has 116 valence electrons. The second-order valence-corrected chi connectivity index (χ2v) is 4.34. The first kappa shape index (κ1) is 18.8. The van der Waals surface area contributed by atoms with Gasteiger partial charge in [-0.05, 0) is 20.3 Å². The molecule has 1 unspecified atom stereocenters. The highest BCUT2D eigenvalue weighted by Crippen LogP contribution is 2.02. The molecule has 0 spiro atoms. The summed E-state index contributed by atoms with van der Waals surface area (Å²) >= 11 is 0. The molecule has 0 aromatic heterocycles. The third kappa shape index (κ3) is 14.0. The Kier molecular flexibility index (Phi) is 14.0. The molecular formula is C13H28O6. The van der Waals surface area contributed by atoms with Crippen molar-refractivity contribution in [1.29, 1.82) is 0 Å². The second-order valence-electron chi connectivity index (χ2n) is 4.34. The second kappa shape index (κ2) is 14.2. The largest absolute Gasteiger partial charge is 0.394 e. The predicted octanol–water partition coefficient (Wildman–Crippen LogP) is 0.205. The highest BCUT2D eigenvalue weighted by molar-refractivity contribution is 4.57. The predicted molar refractivity (Wildman–Crippen MR) is 71.3 cm³/mol. The lowest BCUT2D eigenvalue weighted by atomic mass is 10.3. The molecule has 0 aliphatic rings. The highest BCUT2D eigenvalue weighted by Gasteiger charge is 2.10. The minimum Gasteiger partial charge on any atom is -0.394 e. The van der Waals surface area contributed by atoms with Crippen LogP contribution < -0.4 is 0 Å². The van der Waals surface area contributed by atoms with E-state index in [0.717, 1.165) is 6.42 Å². The quantitative estimate of drug-likeness (QED) is 0.443. The topological polar surface area (TPSA) is 77.4 Å². The summed E-state index contributed by atoms with van der Waals surface area (Å²) in [6.45, 7) is 6.58. The van der Waals surface area contributed by atoms with Gasteiger partial charge in [-0.25, -0.2) is 0 Å². The summed E-state index contributed by atoms with van der Waals surface area (Å²) in [6.07, 6.45) is 0.874. The molecule has 0 fully saturated rings. The summed E-state index contributed by atoms with van der Waals surface area (Å²) in [6, 6.07) is 0. The molecule has 0 amide bonds. The SMILES string of the molecule is CC(C)OCCC(COCCO)OCCOCCO. The van der Waals surface area contributed by atoms with E-state index < -0.39 is 0 Å². The molecule has 0 rings (SSSR count). The van der Waals surface area contributed by atoms with Gasteiger partial charge in [0, 0.05) is 6.61 Å². The zero-order valence-electron chi connectivity index (χ0n) is 12.0. The highest BCUT2D eigenvalue weighted by atomic mass is 16.6. The number of aliphatic hydroxyl groups excluding tert-OH is 2. The molecule has 0 radical (unpaired) electrons. The van der Waals surface area contributed by atoms with Gasteiger partial charge in [0.05, 0.1) is 58.5 Å². The van der Waals surface area contributed by atoms with Crippen molar-refractivity contribution in [3.63, 3.8) is 0 Å². The van der Waals surface area contributed by atoms with E-state index in [0.29, 0.717) is 39.6 Å². The van der Waals surface area contributed by atoms with Gasteiger partial charge in [0.15, 0.2) is 0 Å². The molecule has 0 heterocycles. The average Bonchev–Trinajstić information content (AvgIpc) is 2.37. The number of hydrogen-bond donors (Lipinski definition) is 2. The smallest absolute Gasteiger partial charge is 0.0831 e.